The number of rotatable bonds is 7. The molecule has 0 radical (unpaired) electrons. The minimum atomic E-state index is 0.637. The lowest BCUT2D eigenvalue weighted by Crippen LogP contribution is -2.25. The molecule has 0 bridgehead atoms. The highest BCUT2D eigenvalue weighted by Gasteiger charge is 2.21. The summed E-state index contributed by atoms with van der Waals surface area (Å²) < 4.78 is 0. The first kappa shape index (κ1) is 13.6. The normalized spacial score (nSPS) is 17.1. The summed E-state index contributed by atoms with van der Waals surface area (Å²) in [6.45, 7) is 8.00. The van der Waals surface area contributed by atoms with E-state index in [2.05, 4.69) is 50.4 Å². The number of nitrogens with one attached hydrogen (secondary N) is 1. The van der Waals surface area contributed by atoms with Gasteiger partial charge in [0.25, 0.3) is 0 Å². The van der Waals surface area contributed by atoms with E-state index in [0.29, 0.717) is 5.92 Å². The predicted molar refractivity (Wildman–Crippen MR) is 79.0 cm³/mol. The van der Waals surface area contributed by atoms with Crippen LogP contribution in [0.3, 0.4) is 0 Å². The fourth-order valence-electron chi connectivity index (χ4n) is 2.35. The van der Waals surface area contributed by atoms with Crippen molar-refractivity contribution in [2.75, 3.05) is 6.54 Å². The van der Waals surface area contributed by atoms with Crippen LogP contribution < -0.4 is 5.32 Å². The highest BCUT2D eigenvalue weighted by atomic mass is 14.9. The predicted octanol–water partition coefficient (Wildman–Crippen LogP) is 4.13. The lowest BCUT2D eigenvalue weighted by Gasteiger charge is -2.16. The second-order valence-electron chi connectivity index (χ2n) is 6.06. The average molecular weight is 245 g/mol. The summed E-state index contributed by atoms with van der Waals surface area (Å²) in [4.78, 5) is 0. The lowest BCUT2D eigenvalue weighted by atomic mass is 9.94. The van der Waals surface area contributed by atoms with E-state index in [1.54, 1.807) is 0 Å². The van der Waals surface area contributed by atoms with Crippen LogP contribution in [0.5, 0.6) is 0 Å². The second kappa shape index (κ2) is 6.38. The first-order valence-electron chi connectivity index (χ1n) is 7.51. The van der Waals surface area contributed by atoms with Crippen LogP contribution in [0.15, 0.2) is 24.3 Å². The summed E-state index contributed by atoms with van der Waals surface area (Å²) in [6, 6.07) is 10.1. The van der Waals surface area contributed by atoms with Gasteiger partial charge in [0.05, 0.1) is 0 Å². The van der Waals surface area contributed by atoms with Gasteiger partial charge < -0.3 is 5.32 Å². The molecule has 1 aliphatic rings. The quantitative estimate of drug-likeness (QED) is 0.761. The molecular weight excluding hydrogens is 218 g/mol. The summed E-state index contributed by atoms with van der Waals surface area (Å²) in [5, 5.41) is 3.66. The Kier molecular flexibility index (Phi) is 4.82. The van der Waals surface area contributed by atoms with E-state index in [-0.39, 0.29) is 0 Å². The van der Waals surface area contributed by atoms with E-state index >= 15 is 0 Å². The zero-order valence-corrected chi connectivity index (χ0v) is 12.1. The first-order chi connectivity index (χ1) is 8.69. The molecule has 0 amide bonds. The highest BCUT2D eigenvalue weighted by Crippen LogP contribution is 2.21. The maximum Gasteiger partial charge on any atom is 0.00683 e. The van der Waals surface area contributed by atoms with E-state index in [0.717, 1.165) is 12.0 Å². The zero-order valence-electron chi connectivity index (χ0n) is 12.1. The molecule has 1 nitrogen and oxygen atoms in total. The van der Waals surface area contributed by atoms with E-state index in [4.69, 9.17) is 0 Å². The van der Waals surface area contributed by atoms with Crippen LogP contribution in [0.25, 0.3) is 0 Å². The van der Waals surface area contributed by atoms with Crippen molar-refractivity contribution in [1.29, 1.82) is 0 Å². The standard InChI is InChI=1S/C17H27N/c1-4-14(12-18-17-9-10-17)11-15-5-7-16(8-6-15)13(2)3/h5-8,13-14,17-18H,4,9-12H2,1-3H3. The fraction of sp³-hybridized carbons (Fsp3) is 0.647. The Hall–Kier alpha value is -0.820. The molecule has 1 unspecified atom stereocenters. The fourth-order valence-corrected chi connectivity index (χ4v) is 2.35. The van der Waals surface area contributed by atoms with Gasteiger partial charge in [0.1, 0.15) is 0 Å². The minimum Gasteiger partial charge on any atom is -0.314 e. The van der Waals surface area contributed by atoms with Crippen LogP contribution >= 0.6 is 0 Å². The molecule has 1 saturated carbocycles. The lowest BCUT2D eigenvalue weighted by molar-refractivity contribution is 0.458. The van der Waals surface area contributed by atoms with E-state index in [1.807, 2.05) is 0 Å². The molecule has 1 aliphatic carbocycles. The van der Waals surface area contributed by atoms with Gasteiger partial charge in [-0.3, -0.25) is 0 Å². The highest BCUT2D eigenvalue weighted by molar-refractivity contribution is 5.25. The van der Waals surface area contributed by atoms with Crippen LogP contribution in [0.2, 0.25) is 0 Å². The minimum absolute atomic E-state index is 0.637. The van der Waals surface area contributed by atoms with Crippen LogP contribution in [0.4, 0.5) is 0 Å². The van der Waals surface area contributed by atoms with Gasteiger partial charge in [-0.25, -0.2) is 0 Å². The number of hydrogen-bond donors (Lipinski definition) is 1. The third-order valence-electron chi connectivity index (χ3n) is 4.02. The first-order valence-corrected chi connectivity index (χ1v) is 7.51. The Bertz CT molecular complexity index is 348. The molecule has 1 aromatic carbocycles. The monoisotopic (exact) mass is 245 g/mol. The molecule has 100 valence electrons. The van der Waals surface area contributed by atoms with Crippen molar-refractivity contribution >= 4 is 0 Å². The summed E-state index contributed by atoms with van der Waals surface area (Å²) in [7, 11) is 0. The Labute approximate surface area is 112 Å². The van der Waals surface area contributed by atoms with Crippen molar-refractivity contribution in [2.45, 2.75) is 58.4 Å². The third kappa shape index (κ3) is 4.13. The molecule has 2 rings (SSSR count). The molecular formula is C17H27N. The van der Waals surface area contributed by atoms with Gasteiger partial charge in [-0.05, 0) is 48.8 Å². The molecule has 0 aliphatic heterocycles. The average Bonchev–Trinajstić information content (AvgIpc) is 3.19. The number of hydrogen-bond acceptors (Lipinski definition) is 1. The molecule has 0 aromatic heterocycles. The molecule has 1 atom stereocenters. The number of benzene rings is 1. The van der Waals surface area contributed by atoms with E-state index < -0.39 is 0 Å². The van der Waals surface area contributed by atoms with Crippen LogP contribution in [0, 0.1) is 5.92 Å². The van der Waals surface area contributed by atoms with Crippen molar-refractivity contribution in [3.63, 3.8) is 0 Å². The summed E-state index contributed by atoms with van der Waals surface area (Å²) in [5.41, 5.74) is 2.94. The molecule has 1 heteroatoms. The largest absolute Gasteiger partial charge is 0.314 e. The van der Waals surface area contributed by atoms with Crippen molar-refractivity contribution in [1.82, 2.24) is 5.32 Å². The van der Waals surface area contributed by atoms with Gasteiger partial charge in [0, 0.05) is 6.04 Å². The van der Waals surface area contributed by atoms with Crippen LogP contribution in [-0.2, 0) is 6.42 Å². The zero-order chi connectivity index (χ0) is 13.0. The topological polar surface area (TPSA) is 12.0 Å². The van der Waals surface area contributed by atoms with Crippen LogP contribution in [0.1, 0.15) is 57.1 Å². The third-order valence-corrected chi connectivity index (χ3v) is 4.02. The summed E-state index contributed by atoms with van der Waals surface area (Å²) in [6.07, 6.45) is 5.26. The van der Waals surface area contributed by atoms with Gasteiger partial charge in [0.15, 0.2) is 0 Å². The van der Waals surface area contributed by atoms with E-state index in [1.165, 1.54) is 43.4 Å². The van der Waals surface area contributed by atoms with Crippen LogP contribution in [-0.4, -0.2) is 12.6 Å². The smallest absolute Gasteiger partial charge is 0.00683 e. The Morgan fingerprint density at radius 1 is 1.17 bits per heavy atom. The van der Waals surface area contributed by atoms with E-state index in [9.17, 15) is 0 Å². The van der Waals surface area contributed by atoms with Gasteiger partial charge in [-0.15, -0.1) is 0 Å². The molecule has 18 heavy (non-hydrogen) atoms. The summed E-state index contributed by atoms with van der Waals surface area (Å²) in [5.74, 6) is 1.42. The maximum atomic E-state index is 3.66. The van der Waals surface area contributed by atoms with Gasteiger partial charge >= 0.3 is 0 Å². The van der Waals surface area contributed by atoms with Gasteiger partial charge in [0.2, 0.25) is 0 Å². The Morgan fingerprint density at radius 2 is 1.83 bits per heavy atom. The van der Waals surface area contributed by atoms with Gasteiger partial charge in [-0.2, -0.15) is 0 Å². The maximum absolute atomic E-state index is 3.66. The Balaban J connectivity index is 1.85. The molecule has 1 fully saturated rings. The van der Waals surface area contributed by atoms with Crippen molar-refractivity contribution in [2.24, 2.45) is 5.92 Å². The SMILES string of the molecule is CCC(CNC1CC1)Cc1ccc(C(C)C)cc1. The molecule has 0 heterocycles. The van der Waals surface area contributed by atoms with Crippen molar-refractivity contribution < 1.29 is 0 Å². The molecule has 0 saturated heterocycles. The molecule has 1 aromatic rings. The molecule has 0 spiro atoms. The second-order valence-corrected chi connectivity index (χ2v) is 6.06. The van der Waals surface area contributed by atoms with Crippen molar-refractivity contribution in [3.05, 3.63) is 35.4 Å². The molecule has 1 N–H and O–H groups in total. The summed E-state index contributed by atoms with van der Waals surface area (Å²) >= 11 is 0. The van der Waals surface area contributed by atoms with Crippen molar-refractivity contribution in [3.8, 4) is 0 Å². The Morgan fingerprint density at radius 3 is 2.33 bits per heavy atom. The van der Waals surface area contributed by atoms with Gasteiger partial charge in [-0.1, -0.05) is 51.5 Å².